The summed E-state index contributed by atoms with van der Waals surface area (Å²) in [5.74, 6) is 0.0436. The third-order valence-electron chi connectivity index (χ3n) is 5.77. The Bertz CT molecular complexity index is 633. The van der Waals surface area contributed by atoms with Crippen LogP contribution in [-0.4, -0.2) is 30.8 Å². The van der Waals surface area contributed by atoms with E-state index in [-0.39, 0.29) is 17.6 Å². The highest BCUT2D eigenvalue weighted by atomic mass is 16.6. The van der Waals surface area contributed by atoms with Crippen molar-refractivity contribution in [2.24, 2.45) is 0 Å². The summed E-state index contributed by atoms with van der Waals surface area (Å²) in [6, 6.07) is 6.27. The van der Waals surface area contributed by atoms with Crippen molar-refractivity contribution < 1.29 is 14.3 Å². The summed E-state index contributed by atoms with van der Waals surface area (Å²) in [5.41, 5.74) is 2.41. The van der Waals surface area contributed by atoms with Gasteiger partial charge in [0, 0.05) is 7.11 Å². The first kappa shape index (κ1) is 14.2. The van der Waals surface area contributed by atoms with Crippen LogP contribution in [0.5, 0.6) is 0 Å². The molecule has 2 heterocycles. The van der Waals surface area contributed by atoms with Gasteiger partial charge in [-0.3, -0.25) is 4.79 Å². The van der Waals surface area contributed by atoms with Crippen LogP contribution in [-0.2, 0) is 19.9 Å². The summed E-state index contributed by atoms with van der Waals surface area (Å²) >= 11 is 0. The number of rotatable bonds is 2. The second-order valence-corrected chi connectivity index (χ2v) is 7.10. The smallest absolute Gasteiger partial charge is 0.260 e. The van der Waals surface area contributed by atoms with Gasteiger partial charge in [-0.25, -0.2) is 0 Å². The lowest BCUT2D eigenvalue weighted by molar-refractivity contribution is -0.128. The Labute approximate surface area is 131 Å². The molecule has 22 heavy (non-hydrogen) atoms. The molecule has 0 unspecified atom stereocenters. The second kappa shape index (κ2) is 4.56. The topological polar surface area (TPSA) is 50.9 Å². The molecule has 2 atom stereocenters. The molecule has 1 amide bonds. The van der Waals surface area contributed by atoms with Crippen LogP contribution in [0.25, 0.3) is 0 Å². The molecule has 1 aromatic carbocycles. The fourth-order valence-corrected chi connectivity index (χ4v) is 4.40. The van der Waals surface area contributed by atoms with Gasteiger partial charge in [-0.1, -0.05) is 23.8 Å². The van der Waals surface area contributed by atoms with E-state index in [0.717, 1.165) is 36.8 Å². The molecule has 4 rings (SSSR count). The fraction of sp³-hybridized carbons (Fsp3) is 0.611. The van der Waals surface area contributed by atoms with E-state index < -0.39 is 5.60 Å². The maximum Gasteiger partial charge on any atom is 0.260 e. The van der Waals surface area contributed by atoms with Crippen LogP contribution in [0.1, 0.15) is 42.4 Å². The van der Waals surface area contributed by atoms with E-state index in [0.29, 0.717) is 6.10 Å². The van der Waals surface area contributed by atoms with Gasteiger partial charge in [0.05, 0.1) is 11.6 Å². The quantitative estimate of drug-likeness (QED) is 0.853. The largest absolute Gasteiger partial charge is 0.381 e. The molecular weight excluding hydrogens is 278 g/mol. The lowest BCUT2D eigenvalue weighted by Crippen LogP contribution is -2.51. The summed E-state index contributed by atoms with van der Waals surface area (Å²) < 4.78 is 11.5. The van der Waals surface area contributed by atoms with Crippen molar-refractivity contribution >= 4 is 5.91 Å². The van der Waals surface area contributed by atoms with Crippen molar-refractivity contribution in [3.8, 4) is 0 Å². The highest BCUT2D eigenvalue weighted by molar-refractivity contribution is 5.95. The summed E-state index contributed by atoms with van der Waals surface area (Å²) in [6.07, 6.45) is 4.14. The van der Waals surface area contributed by atoms with Crippen LogP contribution in [0.3, 0.4) is 0 Å². The number of hydrogen-bond donors (Lipinski definition) is 1. The number of ether oxygens (including phenoxy) is 2. The van der Waals surface area contributed by atoms with Gasteiger partial charge in [-0.2, -0.15) is 0 Å². The first-order valence-corrected chi connectivity index (χ1v) is 8.13. The van der Waals surface area contributed by atoms with Crippen molar-refractivity contribution in [3.63, 3.8) is 0 Å². The predicted octanol–water partition coefficient (Wildman–Crippen LogP) is 2.36. The number of aryl methyl sites for hydroxylation is 2. The molecule has 1 aromatic rings. The van der Waals surface area contributed by atoms with Gasteiger partial charge >= 0.3 is 0 Å². The normalized spacial score (nSPS) is 39.7. The van der Waals surface area contributed by atoms with Gasteiger partial charge in [0.1, 0.15) is 6.10 Å². The molecule has 0 aromatic heterocycles. The summed E-state index contributed by atoms with van der Waals surface area (Å²) in [5, 5.41) is 3.28. The van der Waals surface area contributed by atoms with Crippen molar-refractivity contribution in [2.45, 2.75) is 62.9 Å². The van der Waals surface area contributed by atoms with Gasteiger partial charge < -0.3 is 14.8 Å². The summed E-state index contributed by atoms with van der Waals surface area (Å²) in [6.45, 7) is 4.12. The Hall–Kier alpha value is -1.39. The third kappa shape index (κ3) is 1.74. The van der Waals surface area contributed by atoms with Crippen LogP contribution in [0, 0.1) is 13.8 Å². The molecule has 3 aliphatic rings. The van der Waals surface area contributed by atoms with Crippen LogP contribution in [0.4, 0.5) is 0 Å². The van der Waals surface area contributed by atoms with Gasteiger partial charge in [-0.05, 0) is 50.7 Å². The second-order valence-electron chi connectivity index (χ2n) is 7.10. The number of carbonyl (C=O) groups is 1. The first-order chi connectivity index (χ1) is 10.5. The fourth-order valence-electron chi connectivity index (χ4n) is 4.40. The van der Waals surface area contributed by atoms with Crippen molar-refractivity contribution in [2.75, 3.05) is 7.11 Å². The van der Waals surface area contributed by atoms with E-state index >= 15 is 0 Å². The van der Waals surface area contributed by atoms with E-state index in [4.69, 9.17) is 9.47 Å². The third-order valence-corrected chi connectivity index (χ3v) is 5.77. The van der Waals surface area contributed by atoms with E-state index in [9.17, 15) is 4.79 Å². The molecule has 1 N–H and O–H groups in total. The number of benzene rings is 1. The first-order valence-electron chi connectivity index (χ1n) is 8.13. The standard InChI is InChI=1S/C18H23NO3/c1-11-4-5-12(2)14(10-11)18-15(22-18)17(19-16(18)20)8-6-13(21-3)7-9-17/h4-5,10,13,15H,6-9H2,1-3H3,(H,19,20)/t13?,15-,17?,18-/m1/s1. The molecule has 1 spiro atoms. The Morgan fingerprint density at radius 1 is 1.27 bits per heavy atom. The van der Waals surface area contributed by atoms with Gasteiger partial charge in [0.2, 0.25) is 5.60 Å². The Kier molecular flexibility index (Phi) is 2.94. The number of carbonyl (C=O) groups excluding carboxylic acids is 1. The lowest BCUT2D eigenvalue weighted by Gasteiger charge is -2.37. The molecule has 2 aliphatic heterocycles. The Balaban J connectivity index is 1.67. The number of nitrogens with one attached hydrogen (secondary N) is 1. The number of amides is 1. The lowest BCUT2D eigenvalue weighted by atomic mass is 9.76. The zero-order valence-electron chi connectivity index (χ0n) is 13.4. The molecule has 4 heteroatoms. The van der Waals surface area contributed by atoms with Crippen molar-refractivity contribution in [3.05, 3.63) is 34.9 Å². The van der Waals surface area contributed by atoms with Gasteiger partial charge in [0.25, 0.3) is 5.91 Å². The van der Waals surface area contributed by atoms with Gasteiger partial charge in [0.15, 0.2) is 0 Å². The molecule has 3 fully saturated rings. The number of morpholine rings is 1. The van der Waals surface area contributed by atoms with Gasteiger partial charge in [-0.15, -0.1) is 0 Å². The zero-order chi connectivity index (χ0) is 15.5. The molecule has 2 saturated heterocycles. The van der Waals surface area contributed by atoms with Crippen molar-refractivity contribution in [1.29, 1.82) is 0 Å². The Morgan fingerprint density at radius 3 is 2.64 bits per heavy atom. The van der Waals surface area contributed by atoms with Crippen LogP contribution in [0.15, 0.2) is 18.2 Å². The highest BCUT2D eigenvalue weighted by Crippen LogP contribution is 2.60. The number of methoxy groups -OCH3 is 1. The minimum atomic E-state index is -0.740. The molecule has 0 bridgehead atoms. The highest BCUT2D eigenvalue weighted by Gasteiger charge is 2.77. The van der Waals surface area contributed by atoms with E-state index in [1.165, 1.54) is 5.56 Å². The molecule has 4 nitrogen and oxygen atoms in total. The van der Waals surface area contributed by atoms with E-state index in [1.807, 2.05) is 0 Å². The Morgan fingerprint density at radius 2 is 2.00 bits per heavy atom. The van der Waals surface area contributed by atoms with Crippen LogP contribution >= 0.6 is 0 Å². The maximum atomic E-state index is 12.8. The average Bonchev–Trinajstić information content (AvgIpc) is 3.23. The molecule has 1 aliphatic carbocycles. The molecular formula is C18H23NO3. The molecule has 118 valence electrons. The van der Waals surface area contributed by atoms with E-state index in [1.54, 1.807) is 7.11 Å². The SMILES string of the molecule is COC1CCC2(CC1)NC(=O)[C@]1(c3cc(C)ccc3C)O[C@H]21. The molecule has 1 saturated carbocycles. The number of hydrogen-bond acceptors (Lipinski definition) is 3. The molecule has 0 radical (unpaired) electrons. The zero-order valence-corrected chi connectivity index (χ0v) is 13.4. The number of fused-ring (bicyclic) bond motifs is 2. The monoisotopic (exact) mass is 301 g/mol. The summed E-state index contributed by atoms with van der Waals surface area (Å²) in [4.78, 5) is 12.8. The van der Waals surface area contributed by atoms with Crippen molar-refractivity contribution in [1.82, 2.24) is 5.32 Å². The maximum absolute atomic E-state index is 12.8. The van der Waals surface area contributed by atoms with E-state index in [2.05, 4.69) is 37.4 Å². The minimum Gasteiger partial charge on any atom is -0.381 e. The summed E-state index contributed by atoms with van der Waals surface area (Å²) in [7, 11) is 1.77. The number of epoxide rings is 1. The predicted molar refractivity (Wildman–Crippen MR) is 82.6 cm³/mol. The van der Waals surface area contributed by atoms with Crippen LogP contribution in [0.2, 0.25) is 0 Å². The van der Waals surface area contributed by atoms with Crippen LogP contribution < -0.4 is 5.32 Å². The minimum absolute atomic E-state index is 0.0224. The average molecular weight is 301 g/mol.